The molecule has 2 N–H and O–H groups in total. The van der Waals surface area contributed by atoms with Crippen LogP contribution in [0.2, 0.25) is 0 Å². The first-order valence-electron chi connectivity index (χ1n) is 16.1. The van der Waals surface area contributed by atoms with Crippen LogP contribution in [0, 0.1) is 17.8 Å². The Hall–Kier alpha value is -3.25. The van der Waals surface area contributed by atoms with Crippen molar-refractivity contribution in [1.82, 2.24) is 14.9 Å². The van der Waals surface area contributed by atoms with Gasteiger partial charge in [0, 0.05) is 18.9 Å². The zero-order valence-corrected chi connectivity index (χ0v) is 27.0. The van der Waals surface area contributed by atoms with Crippen molar-refractivity contribution < 1.29 is 37.1 Å². The average molecular weight is 644 g/mol. The van der Waals surface area contributed by atoms with Gasteiger partial charge < -0.3 is 19.7 Å². The third-order valence-electron chi connectivity index (χ3n) is 9.46. The summed E-state index contributed by atoms with van der Waals surface area (Å²) in [5.41, 5.74) is 0.707. The van der Waals surface area contributed by atoms with Gasteiger partial charge in [0.05, 0.1) is 36.9 Å². The zero-order valence-electron chi connectivity index (χ0n) is 26.2. The van der Waals surface area contributed by atoms with Crippen molar-refractivity contribution in [2.24, 2.45) is 17.8 Å². The molecule has 5 atom stereocenters. The van der Waals surface area contributed by atoms with Gasteiger partial charge in [-0.05, 0) is 62.0 Å². The van der Waals surface area contributed by atoms with Crippen LogP contribution in [0.25, 0.3) is 0 Å². The molecule has 1 aromatic carbocycles. The molecular weight excluding hydrogens is 598 g/mol. The van der Waals surface area contributed by atoms with Crippen molar-refractivity contribution in [2.45, 2.75) is 101 Å². The fourth-order valence-electron chi connectivity index (χ4n) is 6.37. The van der Waals surface area contributed by atoms with Gasteiger partial charge in [-0.2, -0.15) is 0 Å². The highest BCUT2D eigenvalue weighted by atomic mass is 32.2. The van der Waals surface area contributed by atoms with Gasteiger partial charge in [-0.25, -0.2) is 8.42 Å². The number of fused-ring (bicyclic) bond motifs is 4. The minimum absolute atomic E-state index is 0.110. The fraction of sp³-hybridized carbons (Fsp3) is 0.636. The summed E-state index contributed by atoms with van der Waals surface area (Å²) in [6.45, 7) is 8.19. The van der Waals surface area contributed by atoms with Gasteiger partial charge in [0.15, 0.2) is 0 Å². The molecule has 2 saturated carbocycles. The lowest BCUT2D eigenvalue weighted by molar-refractivity contribution is -0.151. The Morgan fingerprint density at radius 3 is 2.58 bits per heavy atom. The molecule has 0 radical (unpaired) electrons. The first-order chi connectivity index (χ1) is 21.4. The number of hydrogen-bond acceptors (Lipinski definition) is 8. The van der Waals surface area contributed by atoms with Crippen LogP contribution in [0.5, 0.6) is 0 Å². The van der Waals surface area contributed by atoms with E-state index in [1.807, 2.05) is 26.0 Å². The standard InChI is InChI=1S/C33H45N3O8S/c1-4-24-18-33(24,32(40)35-45(41,42)26-12-13-26)34-30(38)28-16-25-19-36(28)31(39)27(21(2)3)17-29(37)43-14-7-5-6-9-22-10-8-11-23(15-22)20-44-25/h4,8,10-11,15,21,24-28H,1,5-7,9,12-14,16-20H2,2-3H3,(H,34,38)(H,35,40)/t24-,25-,27+,28+,33-/m1/s1. The number of aryl methyl sites for hydroxylation is 1. The Morgan fingerprint density at radius 2 is 1.89 bits per heavy atom. The second kappa shape index (κ2) is 13.6. The van der Waals surface area contributed by atoms with Gasteiger partial charge in [0.1, 0.15) is 11.6 Å². The summed E-state index contributed by atoms with van der Waals surface area (Å²) < 4.78 is 39.0. The fourth-order valence-corrected chi connectivity index (χ4v) is 7.74. The zero-order chi connectivity index (χ0) is 32.4. The number of nitrogens with zero attached hydrogens (tertiary/aromatic N) is 1. The van der Waals surface area contributed by atoms with E-state index in [-0.39, 0.29) is 44.2 Å². The van der Waals surface area contributed by atoms with E-state index >= 15 is 0 Å². The number of cyclic esters (lactones) is 1. The first-order valence-corrected chi connectivity index (χ1v) is 17.6. The summed E-state index contributed by atoms with van der Waals surface area (Å²) in [6, 6.07) is 7.16. The largest absolute Gasteiger partial charge is 0.466 e. The van der Waals surface area contributed by atoms with E-state index in [0.29, 0.717) is 19.4 Å². The van der Waals surface area contributed by atoms with E-state index in [4.69, 9.17) is 9.47 Å². The maximum absolute atomic E-state index is 14.1. The highest BCUT2D eigenvalue weighted by molar-refractivity contribution is 7.91. The van der Waals surface area contributed by atoms with Gasteiger partial charge in [-0.1, -0.05) is 44.2 Å². The molecule has 0 spiro atoms. The van der Waals surface area contributed by atoms with E-state index in [1.54, 1.807) is 0 Å². The predicted octanol–water partition coefficient (Wildman–Crippen LogP) is 2.77. The van der Waals surface area contributed by atoms with Crippen molar-refractivity contribution in [1.29, 1.82) is 0 Å². The third kappa shape index (κ3) is 7.77. The van der Waals surface area contributed by atoms with Crippen LogP contribution in [0.15, 0.2) is 36.9 Å². The number of amides is 3. The normalized spacial score (nSPS) is 29.7. The maximum atomic E-state index is 14.1. The quantitative estimate of drug-likeness (QED) is 0.341. The van der Waals surface area contributed by atoms with Gasteiger partial charge >= 0.3 is 5.97 Å². The topological polar surface area (TPSA) is 148 Å². The lowest BCUT2D eigenvalue weighted by Gasteiger charge is -2.30. The van der Waals surface area contributed by atoms with Crippen LogP contribution in [0.4, 0.5) is 0 Å². The Morgan fingerprint density at radius 1 is 1.13 bits per heavy atom. The van der Waals surface area contributed by atoms with Crippen LogP contribution in [-0.2, 0) is 51.7 Å². The lowest BCUT2D eigenvalue weighted by Crippen LogP contribution is -2.57. The Balaban J connectivity index is 1.38. The molecule has 45 heavy (non-hydrogen) atoms. The summed E-state index contributed by atoms with van der Waals surface area (Å²) in [5.74, 6) is -3.57. The number of hydrogen-bond donors (Lipinski definition) is 2. The van der Waals surface area contributed by atoms with Crippen LogP contribution in [0.1, 0.15) is 76.3 Å². The van der Waals surface area contributed by atoms with E-state index in [9.17, 15) is 27.6 Å². The molecule has 2 heterocycles. The van der Waals surface area contributed by atoms with Crippen molar-refractivity contribution in [3.63, 3.8) is 0 Å². The summed E-state index contributed by atoms with van der Waals surface area (Å²) in [4.78, 5) is 55.5. The number of rotatable bonds is 7. The summed E-state index contributed by atoms with van der Waals surface area (Å²) in [7, 11) is -3.84. The summed E-state index contributed by atoms with van der Waals surface area (Å²) >= 11 is 0. The number of esters is 1. The third-order valence-corrected chi connectivity index (χ3v) is 11.3. The van der Waals surface area contributed by atoms with Crippen LogP contribution in [-0.4, -0.2) is 73.1 Å². The van der Waals surface area contributed by atoms with Gasteiger partial charge in [-0.15, -0.1) is 6.58 Å². The number of ether oxygens (including phenoxy) is 2. The summed E-state index contributed by atoms with van der Waals surface area (Å²) in [5, 5.41) is 2.20. The van der Waals surface area contributed by atoms with Gasteiger partial charge in [0.25, 0.3) is 5.91 Å². The second-order valence-corrected chi connectivity index (χ2v) is 15.2. The molecule has 4 aliphatic rings. The Labute approximate surface area is 265 Å². The molecule has 1 saturated heterocycles. The molecule has 1 aromatic rings. The lowest BCUT2D eigenvalue weighted by atomic mass is 9.90. The Bertz CT molecular complexity index is 1420. The van der Waals surface area contributed by atoms with E-state index in [0.717, 1.165) is 31.2 Å². The Kier molecular flexibility index (Phi) is 10.0. The minimum Gasteiger partial charge on any atom is -0.466 e. The molecule has 2 aliphatic carbocycles. The number of sulfonamides is 1. The molecule has 4 bridgehead atoms. The number of benzene rings is 1. The maximum Gasteiger partial charge on any atom is 0.306 e. The van der Waals surface area contributed by atoms with Crippen molar-refractivity contribution in [2.75, 3.05) is 13.2 Å². The minimum atomic E-state index is -3.84. The molecule has 3 fully saturated rings. The molecule has 2 aliphatic heterocycles. The van der Waals surface area contributed by atoms with E-state index < -0.39 is 62.6 Å². The van der Waals surface area contributed by atoms with Crippen LogP contribution >= 0.6 is 0 Å². The highest BCUT2D eigenvalue weighted by Gasteiger charge is 2.62. The van der Waals surface area contributed by atoms with Crippen LogP contribution in [0.3, 0.4) is 0 Å². The number of carbonyl (C=O) groups excluding carboxylic acids is 4. The SMILES string of the molecule is C=C[C@@H]1C[C@]1(NC(=O)[C@@H]1C[C@@H]2CN1C(=O)[C@H](C(C)C)CC(=O)OCCCCCc1cccc(c1)CO2)C(=O)NS(=O)(=O)C1CC1. The number of carbonyl (C=O) groups is 4. The molecule has 11 nitrogen and oxygen atoms in total. The van der Waals surface area contributed by atoms with Gasteiger partial charge in [-0.3, -0.25) is 23.9 Å². The monoisotopic (exact) mass is 643 g/mol. The summed E-state index contributed by atoms with van der Waals surface area (Å²) in [6.07, 6.45) is 5.80. The molecular formula is C33H45N3O8S. The second-order valence-electron chi connectivity index (χ2n) is 13.3. The molecule has 0 unspecified atom stereocenters. The highest BCUT2D eigenvalue weighted by Crippen LogP contribution is 2.45. The van der Waals surface area contributed by atoms with Crippen molar-refractivity contribution in [3.05, 3.63) is 48.0 Å². The van der Waals surface area contributed by atoms with E-state index in [1.165, 1.54) is 16.5 Å². The van der Waals surface area contributed by atoms with E-state index in [2.05, 4.69) is 28.8 Å². The molecule has 12 heteroatoms. The molecule has 246 valence electrons. The van der Waals surface area contributed by atoms with Crippen molar-refractivity contribution in [3.8, 4) is 0 Å². The number of nitrogens with one attached hydrogen (secondary N) is 2. The molecule has 3 amide bonds. The van der Waals surface area contributed by atoms with Gasteiger partial charge in [0.2, 0.25) is 21.8 Å². The average Bonchev–Trinajstić information content (AvgIpc) is 3.92. The molecule has 0 aromatic heterocycles. The first kappa shape index (κ1) is 33.1. The molecule has 5 rings (SSSR count). The predicted molar refractivity (Wildman–Crippen MR) is 166 cm³/mol. The van der Waals surface area contributed by atoms with Crippen LogP contribution < -0.4 is 10.0 Å². The smallest absolute Gasteiger partial charge is 0.306 e. The van der Waals surface area contributed by atoms with Crippen molar-refractivity contribution >= 4 is 33.7 Å².